The molecular weight excluding hydrogens is 482 g/mol. The number of para-hydroxylation sites is 1. The summed E-state index contributed by atoms with van der Waals surface area (Å²) in [5, 5.41) is 10.8. The summed E-state index contributed by atoms with van der Waals surface area (Å²) >= 11 is 3.42. The second kappa shape index (κ2) is 8.23. The number of anilines is 4. The van der Waals surface area contributed by atoms with Crippen LogP contribution >= 0.6 is 15.9 Å². The number of sulfone groups is 1. The molecule has 0 amide bonds. The second-order valence-corrected chi connectivity index (χ2v) is 10.5. The van der Waals surface area contributed by atoms with Gasteiger partial charge in [-0.15, -0.1) is 0 Å². The highest BCUT2D eigenvalue weighted by molar-refractivity contribution is 9.10. The molecule has 11 heteroatoms. The number of hydrogen-bond acceptors (Lipinski definition) is 8. The van der Waals surface area contributed by atoms with Crippen LogP contribution in [0.4, 0.5) is 23.1 Å². The van der Waals surface area contributed by atoms with Crippen molar-refractivity contribution in [1.29, 1.82) is 0 Å². The highest BCUT2D eigenvalue weighted by Crippen LogP contribution is 2.30. The molecule has 1 aromatic carbocycles. The van der Waals surface area contributed by atoms with Crippen LogP contribution in [0.3, 0.4) is 0 Å². The SMILES string of the molecule is CC(C)S(=O)(=O)c1ccccc1Nc1nc(Nc2cnc3c(cnn3C)c2)ncc1Br. The number of rotatable bonds is 6. The fourth-order valence-electron chi connectivity index (χ4n) is 2.96. The summed E-state index contributed by atoms with van der Waals surface area (Å²) in [7, 11) is -1.64. The van der Waals surface area contributed by atoms with Crippen molar-refractivity contribution in [1.82, 2.24) is 24.7 Å². The molecule has 9 nitrogen and oxygen atoms in total. The Morgan fingerprint density at radius 2 is 1.84 bits per heavy atom. The number of pyridine rings is 1. The quantitative estimate of drug-likeness (QED) is 0.404. The van der Waals surface area contributed by atoms with Crippen molar-refractivity contribution in [2.75, 3.05) is 10.6 Å². The molecular formula is C20H20BrN7O2S. The molecule has 0 fully saturated rings. The zero-order valence-electron chi connectivity index (χ0n) is 17.0. The molecule has 3 aromatic heterocycles. The Morgan fingerprint density at radius 1 is 1.06 bits per heavy atom. The molecule has 0 saturated carbocycles. The van der Waals surface area contributed by atoms with Crippen LogP contribution in [0.2, 0.25) is 0 Å². The van der Waals surface area contributed by atoms with Crippen molar-refractivity contribution >= 4 is 59.9 Å². The molecule has 2 N–H and O–H groups in total. The fraction of sp³-hybridized carbons (Fsp3) is 0.200. The topological polar surface area (TPSA) is 115 Å². The highest BCUT2D eigenvalue weighted by Gasteiger charge is 2.23. The largest absolute Gasteiger partial charge is 0.338 e. The van der Waals surface area contributed by atoms with Crippen molar-refractivity contribution in [2.24, 2.45) is 7.05 Å². The minimum Gasteiger partial charge on any atom is -0.338 e. The first-order valence-electron chi connectivity index (χ1n) is 9.43. The number of nitrogens with zero attached hydrogens (tertiary/aromatic N) is 5. The average Bonchev–Trinajstić information content (AvgIpc) is 3.11. The van der Waals surface area contributed by atoms with E-state index in [4.69, 9.17) is 0 Å². The van der Waals surface area contributed by atoms with Crippen LogP contribution < -0.4 is 10.6 Å². The van der Waals surface area contributed by atoms with Crippen LogP contribution in [0.1, 0.15) is 13.8 Å². The van der Waals surface area contributed by atoms with Gasteiger partial charge in [-0.1, -0.05) is 12.1 Å². The van der Waals surface area contributed by atoms with Gasteiger partial charge in [0.1, 0.15) is 5.82 Å². The predicted molar refractivity (Wildman–Crippen MR) is 124 cm³/mol. The van der Waals surface area contributed by atoms with E-state index in [1.54, 1.807) is 61.4 Å². The molecule has 4 rings (SSSR count). The van der Waals surface area contributed by atoms with Gasteiger partial charge in [0.25, 0.3) is 0 Å². The van der Waals surface area contributed by atoms with Crippen molar-refractivity contribution in [3.63, 3.8) is 0 Å². The Labute approximate surface area is 188 Å². The molecule has 0 aliphatic carbocycles. The number of aromatic nitrogens is 5. The van der Waals surface area contributed by atoms with E-state index in [2.05, 4.69) is 46.6 Å². The number of nitrogens with one attached hydrogen (secondary N) is 2. The van der Waals surface area contributed by atoms with E-state index in [0.717, 1.165) is 11.0 Å². The Hall–Kier alpha value is -3.05. The van der Waals surface area contributed by atoms with Crippen molar-refractivity contribution in [2.45, 2.75) is 24.0 Å². The Bertz CT molecular complexity index is 1370. The summed E-state index contributed by atoms with van der Waals surface area (Å²) in [6.45, 7) is 3.31. The monoisotopic (exact) mass is 501 g/mol. The summed E-state index contributed by atoms with van der Waals surface area (Å²) in [4.78, 5) is 13.4. The summed E-state index contributed by atoms with van der Waals surface area (Å²) in [6.07, 6.45) is 5.00. The van der Waals surface area contributed by atoms with Gasteiger partial charge in [0.2, 0.25) is 5.95 Å². The molecule has 0 atom stereocenters. The van der Waals surface area contributed by atoms with Crippen LogP contribution in [0.15, 0.2) is 58.3 Å². The Balaban J connectivity index is 1.65. The molecule has 0 unspecified atom stereocenters. The Kier molecular flexibility index (Phi) is 5.63. The summed E-state index contributed by atoms with van der Waals surface area (Å²) in [6, 6.07) is 8.66. The van der Waals surface area contributed by atoms with Gasteiger partial charge < -0.3 is 10.6 Å². The van der Waals surface area contributed by atoms with E-state index in [1.165, 1.54) is 0 Å². The molecule has 0 bridgehead atoms. The van der Waals surface area contributed by atoms with Crippen LogP contribution in [0.25, 0.3) is 11.0 Å². The van der Waals surface area contributed by atoms with Gasteiger partial charge in [0, 0.05) is 18.6 Å². The van der Waals surface area contributed by atoms with E-state index in [1.807, 2.05) is 13.1 Å². The highest BCUT2D eigenvalue weighted by atomic mass is 79.9. The third-order valence-corrected chi connectivity index (χ3v) is 7.43. The first-order chi connectivity index (χ1) is 14.8. The number of aryl methyl sites for hydroxylation is 1. The molecule has 160 valence electrons. The van der Waals surface area contributed by atoms with Gasteiger partial charge in [-0.2, -0.15) is 10.1 Å². The van der Waals surface area contributed by atoms with Gasteiger partial charge in [-0.25, -0.2) is 18.4 Å². The number of fused-ring (bicyclic) bond motifs is 1. The average molecular weight is 502 g/mol. The molecule has 0 radical (unpaired) electrons. The lowest BCUT2D eigenvalue weighted by Crippen LogP contribution is -2.15. The third-order valence-electron chi connectivity index (χ3n) is 4.64. The molecule has 4 aromatic rings. The minimum absolute atomic E-state index is 0.219. The molecule has 0 spiro atoms. The van der Waals surface area contributed by atoms with Gasteiger partial charge >= 0.3 is 0 Å². The number of benzene rings is 1. The van der Waals surface area contributed by atoms with Gasteiger partial charge in [0.05, 0.1) is 38.4 Å². The number of hydrogen-bond donors (Lipinski definition) is 2. The van der Waals surface area contributed by atoms with E-state index < -0.39 is 15.1 Å². The molecule has 0 aliphatic heterocycles. The van der Waals surface area contributed by atoms with Gasteiger partial charge in [-0.3, -0.25) is 4.68 Å². The lowest BCUT2D eigenvalue weighted by molar-refractivity contribution is 0.588. The van der Waals surface area contributed by atoms with Crippen LogP contribution in [0.5, 0.6) is 0 Å². The smallest absolute Gasteiger partial charge is 0.229 e. The summed E-state index contributed by atoms with van der Waals surface area (Å²) in [5.74, 6) is 0.763. The van der Waals surface area contributed by atoms with Gasteiger partial charge in [0.15, 0.2) is 15.5 Å². The van der Waals surface area contributed by atoms with E-state index >= 15 is 0 Å². The second-order valence-electron chi connectivity index (χ2n) is 7.14. The maximum absolute atomic E-state index is 12.7. The fourth-order valence-corrected chi connectivity index (χ4v) is 4.45. The van der Waals surface area contributed by atoms with Crippen molar-refractivity contribution < 1.29 is 8.42 Å². The molecule has 0 saturated heterocycles. The van der Waals surface area contributed by atoms with E-state index in [0.29, 0.717) is 27.6 Å². The standard InChI is InChI=1S/C20H20BrN7O2S/c1-12(2)31(29,30)17-7-5-4-6-16(17)26-18-15(21)11-23-20(27-18)25-14-8-13-9-24-28(3)19(13)22-10-14/h4-12H,1-3H3,(H2,23,25,26,27). The summed E-state index contributed by atoms with van der Waals surface area (Å²) in [5.41, 5.74) is 1.92. The van der Waals surface area contributed by atoms with Crippen LogP contribution in [-0.2, 0) is 16.9 Å². The zero-order chi connectivity index (χ0) is 22.2. The molecule has 31 heavy (non-hydrogen) atoms. The first kappa shape index (κ1) is 21.2. The zero-order valence-corrected chi connectivity index (χ0v) is 19.4. The minimum atomic E-state index is -3.47. The molecule has 3 heterocycles. The predicted octanol–water partition coefficient (Wildman–Crippen LogP) is 4.19. The van der Waals surface area contributed by atoms with E-state index in [-0.39, 0.29) is 4.90 Å². The van der Waals surface area contributed by atoms with Crippen molar-refractivity contribution in [3.8, 4) is 0 Å². The van der Waals surface area contributed by atoms with Crippen molar-refractivity contribution in [3.05, 3.63) is 53.4 Å². The van der Waals surface area contributed by atoms with E-state index in [9.17, 15) is 8.42 Å². The molecule has 0 aliphatic rings. The van der Waals surface area contributed by atoms with Gasteiger partial charge in [-0.05, 0) is 48.0 Å². The van der Waals surface area contributed by atoms with Crippen LogP contribution in [-0.4, -0.2) is 38.4 Å². The summed E-state index contributed by atoms with van der Waals surface area (Å²) < 4.78 is 27.8. The maximum Gasteiger partial charge on any atom is 0.229 e. The number of halogens is 1. The third kappa shape index (κ3) is 4.23. The van der Waals surface area contributed by atoms with Crippen LogP contribution in [0, 0.1) is 0 Å². The maximum atomic E-state index is 12.7. The lowest BCUT2D eigenvalue weighted by Gasteiger charge is -2.15. The lowest BCUT2D eigenvalue weighted by atomic mass is 10.3. The first-order valence-corrected chi connectivity index (χ1v) is 11.8. The normalized spacial score (nSPS) is 11.8. The Morgan fingerprint density at radius 3 is 2.61 bits per heavy atom.